The quantitative estimate of drug-likeness (QED) is 0.756. The lowest BCUT2D eigenvalue weighted by molar-refractivity contribution is -0.115. The molecule has 0 atom stereocenters. The molecule has 2 aromatic heterocycles. The summed E-state index contributed by atoms with van der Waals surface area (Å²) in [4.78, 5) is 31.0. The second-order valence-electron chi connectivity index (χ2n) is 6.80. The third kappa shape index (κ3) is 3.78. The van der Waals surface area contributed by atoms with Crippen molar-refractivity contribution in [1.29, 1.82) is 0 Å². The van der Waals surface area contributed by atoms with Crippen LogP contribution in [0.4, 0.5) is 11.4 Å². The molecule has 2 amide bonds. The summed E-state index contributed by atoms with van der Waals surface area (Å²) < 4.78 is 4.99. The lowest BCUT2D eigenvalue weighted by atomic mass is 10.00. The molecule has 0 unspecified atom stereocenters. The highest BCUT2D eigenvalue weighted by Crippen LogP contribution is 2.31. The molecule has 3 heterocycles. The fraction of sp³-hybridized carbons (Fsp3) is 0.238. The van der Waals surface area contributed by atoms with Gasteiger partial charge in [0.15, 0.2) is 0 Å². The maximum atomic E-state index is 12.9. The van der Waals surface area contributed by atoms with E-state index in [1.165, 1.54) is 0 Å². The van der Waals surface area contributed by atoms with Gasteiger partial charge in [0.1, 0.15) is 5.76 Å². The van der Waals surface area contributed by atoms with Gasteiger partial charge in [-0.3, -0.25) is 14.6 Å². The number of fused-ring (bicyclic) bond motifs is 1. The highest BCUT2D eigenvalue weighted by molar-refractivity contribution is 6.07. The summed E-state index contributed by atoms with van der Waals surface area (Å²) >= 11 is 0. The number of hydrogen-bond donors (Lipinski definition) is 1. The Morgan fingerprint density at radius 3 is 2.89 bits per heavy atom. The third-order valence-corrected chi connectivity index (χ3v) is 4.66. The molecule has 0 bridgehead atoms. The van der Waals surface area contributed by atoms with Gasteiger partial charge < -0.3 is 14.7 Å². The zero-order chi connectivity index (χ0) is 19.5. The van der Waals surface area contributed by atoms with Crippen molar-refractivity contribution in [1.82, 2.24) is 10.1 Å². The molecule has 0 spiro atoms. The van der Waals surface area contributed by atoms with Crippen molar-refractivity contribution < 1.29 is 14.1 Å². The summed E-state index contributed by atoms with van der Waals surface area (Å²) in [6.07, 6.45) is 5.15. The summed E-state index contributed by atoms with van der Waals surface area (Å²) in [7, 11) is 0. The van der Waals surface area contributed by atoms with E-state index in [1.807, 2.05) is 18.2 Å². The molecule has 7 heteroatoms. The molecule has 1 aliphatic rings. The van der Waals surface area contributed by atoms with E-state index in [0.717, 1.165) is 24.1 Å². The molecule has 0 fully saturated rings. The number of aryl methyl sites for hydroxylation is 2. The van der Waals surface area contributed by atoms with Gasteiger partial charge in [-0.2, -0.15) is 0 Å². The first-order valence-electron chi connectivity index (χ1n) is 9.17. The highest BCUT2D eigenvalue weighted by atomic mass is 16.5. The molecule has 1 aromatic carbocycles. The number of rotatable bonds is 4. The molecule has 1 aliphatic heterocycles. The molecule has 0 aliphatic carbocycles. The van der Waals surface area contributed by atoms with Gasteiger partial charge in [0.05, 0.1) is 17.7 Å². The van der Waals surface area contributed by atoms with Crippen LogP contribution >= 0.6 is 0 Å². The van der Waals surface area contributed by atoms with Crippen molar-refractivity contribution >= 4 is 23.2 Å². The number of nitrogens with one attached hydrogen (secondary N) is 1. The van der Waals surface area contributed by atoms with Crippen LogP contribution in [0.3, 0.4) is 0 Å². The number of carbonyl (C=O) groups is 2. The average Bonchev–Trinajstić information content (AvgIpc) is 3.12. The Hall–Kier alpha value is -3.48. The Labute approximate surface area is 162 Å². The molecular formula is C21H20N4O3. The zero-order valence-corrected chi connectivity index (χ0v) is 15.5. The predicted octanol–water partition coefficient (Wildman–Crippen LogP) is 3.15. The maximum absolute atomic E-state index is 12.9. The van der Waals surface area contributed by atoms with Crippen LogP contribution in [0, 0.1) is 6.92 Å². The van der Waals surface area contributed by atoms with Crippen molar-refractivity contribution in [3.05, 3.63) is 71.4 Å². The first-order chi connectivity index (χ1) is 13.6. The summed E-state index contributed by atoms with van der Waals surface area (Å²) in [6, 6.07) is 10.9. The molecule has 7 nitrogen and oxygen atoms in total. The molecule has 0 radical (unpaired) electrons. The zero-order valence-electron chi connectivity index (χ0n) is 15.5. The maximum Gasteiger partial charge on any atom is 0.259 e. The average molecular weight is 376 g/mol. The van der Waals surface area contributed by atoms with Gasteiger partial charge in [0.25, 0.3) is 5.91 Å². The number of amides is 2. The second-order valence-corrected chi connectivity index (χ2v) is 6.80. The van der Waals surface area contributed by atoms with Crippen molar-refractivity contribution in [3.8, 4) is 0 Å². The summed E-state index contributed by atoms with van der Waals surface area (Å²) in [6.45, 7) is 2.42. The van der Waals surface area contributed by atoms with Gasteiger partial charge >= 0.3 is 0 Å². The van der Waals surface area contributed by atoms with E-state index in [9.17, 15) is 9.59 Å². The van der Waals surface area contributed by atoms with Gasteiger partial charge in [-0.25, -0.2) is 0 Å². The van der Waals surface area contributed by atoms with Crippen molar-refractivity contribution in [2.24, 2.45) is 0 Å². The van der Waals surface area contributed by atoms with Gasteiger partial charge in [-0.15, -0.1) is 0 Å². The normalized spacial score (nSPS) is 13.1. The number of pyridine rings is 1. The van der Waals surface area contributed by atoms with Crippen molar-refractivity contribution in [3.63, 3.8) is 0 Å². The highest BCUT2D eigenvalue weighted by Gasteiger charge is 2.24. The van der Waals surface area contributed by atoms with Gasteiger partial charge in [-0.1, -0.05) is 11.2 Å². The lowest BCUT2D eigenvalue weighted by Crippen LogP contribution is -2.35. The fourth-order valence-electron chi connectivity index (χ4n) is 3.38. The predicted molar refractivity (Wildman–Crippen MR) is 104 cm³/mol. The van der Waals surface area contributed by atoms with E-state index in [2.05, 4.69) is 15.5 Å². The molecular weight excluding hydrogens is 356 g/mol. The SMILES string of the molecule is Cc1cc(CC(=O)Nc2ccc3c(c2)N(C(=O)c2cccnc2)CCC3)no1. The molecule has 0 saturated carbocycles. The van der Waals surface area contributed by atoms with Gasteiger partial charge in [0.2, 0.25) is 5.91 Å². The number of nitrogens with zero attached hydrogens (tertiary/aromatic N) is 3. The Kier molecular flexibility index (Phi) is 4.89. The third-order valence-electron chi connectivity index (χ3n) is 4.66. The molecule has 1 N–H and O–H groups in total. The molecule has 0 saturated heterocycles. The lowest BCUT2D eigenvalue weighted by Gasteiger charge is -2.30. The Balaban J connectivity index is 1.54. The topological polar surface area (TPSA) is 88.3 Å². The largest absolute Gasteiger partial charge is 0.361 e. The molecule has 28 heavy (non-hydrogen) atoms. The fourth-order valence-corrected chi connectivity index (χ4v) is 3.38. The first kappa shape index (κ1) is 17.9. The number of hydrogen-bond acceptors (Lipinski definition) is 5. The van der Waals surface area contributed by atoms with Crippen LogP contribution in [-0.4, -0.2) is 28.5 Å². The Bertz CT molecular complexity index is 1010. The number of carbonyl (C=O) groups excluding carboxylic acids is 2. The van der Waals surface area contributed by atoms with Gasteiger partial charge in [-0.05, 0) is 49.6 Å². The summed E-state index contributed by atoms with van der Waals surface area (Å²) in [5.41, 5.74) is 3.70. The van der Waals surface area contributed by atoms with Crippen molar-refractivity contribution in [2.45, 2.75) is 26.2 Å². The van der Waals surface area contributed by atoms with Crippen molar-refractivity contribution in [2.75, 3.05) is 16.8 Å². The van der Waals surface area contributed by atoms with Crippen LogP contribution in [0.25, 0.3) is 0 Å². The van der Waals surface area contributed by atoms with Crippen LogP contribution in [0.2, 0.25) is 0 Å². The smallest absolute Gasteiger partial charge is 0.259 e. The Morgan fingerprint density at radius 1 is 1.25 bits per heavy atom. The van der Waals surface area contributed by atoms with E-state index in [4.69, 9.17) is 4.52 Å². The minimum atomic E-state index is -0.186. The number of anilines is 2. The van der Waals surface area contributed by atoms with Crippen LogP contribution in [-0.2, 0) is 17.6 Å². The number of aromatic nitrogens is 2. The van der Waals surface area contributed by atoms with E-state index >= 15 is 0 Å². The van der Waals surface area contributed by atoms with E-state index in [1.54, 1.807) is 42.4 Å². The van der Waals surface area contributed by atoms with Crippen LogP contribution in [0.1, 0.15) is 33.8 Å². The number of benzene rings is 1. The second kappa shape index (κ2) is 7.64. The van der Waals surface area contributed by atoms with Crippen LogP contribution < -0.4 is 10.2 Å². The standard InChI is InChI=1S/C21H20N4O3/c1-14-10-18(24-28-14)12-20(26)23-17-7-6-15-5-3-9-25(19(15)11-17)21(27)16-4-2-8-22-13-16/h2,4,6-8,10-11,13H,3,5,9,12H2,1H3,(H,23,26). The molecule has 3 aromatic rings. The Morgan fingerprint density at radius 2 is 2.14 bits per heavy atom. The summed E-state index contributed by atoms with van der Waals surface area (Å²) in [5, 5.41) is 6.72. The summed E-state index contributed by atoms with van der Waals surface area (Å²) in [5.74, 6) is 0.394. The molecule has 142 valence electrons. The van der Waals surface area contributed by atoms with Crippen LogP contribution in [0.15, 0.2) is 53.3 Å². The van der Waals surface area contributed by atoms with E-state index in [-0.39, 0.29) is 18.2 Å². The first-order valence-corrected chi connectivity index (χ1v) is 9.17. The van der Waals surface area contributed by atoms with E-state index in [0.29, 0.717) is 29.2 Å². The molecule has 4 rings (SSSR count). The minimum absolute atomic E-state index is 0.0874. The van der Waals surface area contributed by atoms with Crippen LogP contribution in [0.5, 0.6) is 0 Å². The van der Waals surface area contributed by atoms with E-state index < -0.39 is 0 Å². The van der Waals surface area contributed by atoms with Gasteiger partial charge in [0, 0.05) is 36.4 Å². The minimum Gasteiger partial charge on any atom is -0.361 e. The monoisotopic (exact) mass is 376 g/mol.